The summed E-state index contributed by atoms with van der Waals surface area (Å²) in [6.45, 7) is 4.20. The summed E-state index contributed by atoms with van der Waals surface area (Å²) < 4.78 is 4.98. The van der Waals surface area contributed by atoms with Crippen molar-refractivity contribution in [2.75, 3.05) is 12.3 Å². The van der Waals surface area contributed by atoms with Crippen LogP contribution in [0.2, 0.25) is 0 Å². The molecule has 0 atom stereocenters. The van der Waals surface area contributed by atoms with E-state index < -0.39 is 0 Å². The number of carbonyl (C=O) groups is 1. The first-order valence-electron chi connectivity index (χ1n) is 5.27. The predicted octanol–water partition coefficient (Wildman–Crippen LogP) is 2.47. The Morgan fingerprint density at radius 3 is 2.88 bits per heavy atom. The van der Waals surface area contributed by atoms with Crippen molar-refractivity contribution in [1.29, 1.82) is 0 Å². The van der Waals surface area contributed by atoms with Gasteiger partial charge in [0.25, 0.3) is 0 Å². The van der Waals surface area contributed by atoms with Gasteiger partial charge < -0.3 is 10.5 Å². The monoisotopic (exact) mass is 240 g/mol. The van der Waals surface area contributed by atoms with E-state index in [1.807, 2.05) is 6.08 Å². The third-order valence-corrected chi connectivity index (χ3v) is 2.60. The second kappa shape index (κ2) is 6.27. The van der Waals surface area contributed by atoms with Crippen molar-refractivity contribution in [3.05, 3.63) is 17.2 Å². The van der Waals surface area contributed by atoms with Crippen LogP contribution in [0.25, 0.3) is 5.57 Å². The molecule has 0 aromatic carbocycles. The number of allylic oxidation sites excluding steroid dienone is 1. The number of hydrogen-bond acceptors (Lipinski definition) is 5. The molecule has 0 aliphatic heterocycles. The number of rotatable bonds is 5. The quantitative estimate of drug-likeness (QED) is 0.634. The number of carbonyl (C=O) groups excluding carboxylic acids is 1. The van der Waals surface area contributed by atoms with Crippen molar-refractivity contribution in [2.24, 2.45) is 0 Å². The van der Waals surface area contributed by atoms with E-state index >= 15 is 0 Å². The zero-order chi connectivity index (χ0) is 12.0. The van der Waals surface area contributed by atoms with E-state index in [-0.39, 0.29) is 5.97 Å². The molecule has 16 heavy (non-hydrogen) atoms. The molecule has 1 aromatic rings. The van der Waals surface area contributed by atoms with Crippen LogP contribution in [0.4, 0.5) is 5.13 Å². The maximum absolute atomic E-state index is 11.7. The summed E-state index contributed by atoms with van der Waals surface area (Å²) in [6.07, 6.45) is 3.65. The van der Waals surface area contributed by atoms with E-state index in [2.05, 4.69) is 11.9 Å². The van der Waals surface area contributed by atoms with Gasteiger partial charge in [0.15, 0.2) is 5.13 Å². The molecule has 2 N–H and O–H groups in total. The van der Waals surface area contributed by atoms with Crippen LogP contribution >= 0.6 is 11.3 Å². The zero-order valence-corrected chi connectivity index (χ0v) is 10.3. The van der Waals surface area contributed by atoms with Gasteiger partial charge in [-0.15, -0.1) is 11.3 Å². The first-order valence-corrected chi connectivity index (χ1v) is 6.15. The molecule has 5 heteroatoms. The van der Waals surface area contributed by atoms with Crippen LogP contribution in [-0.2, 0) is 9.53 Å². The van der Waals surface area contributed by atoms with E-state index in [4.69, 9.17) is 10.5 Å². The van der Waals surface area contributed by atoms with Gasteiger partial charge in [-0.2, -0.15) is 0 Å². The van der Waals surface area contributed by atoms with E-state index in [0.717, 1.165) is 12.8 Å². The van der Waals surface area contributed by atoms with Crippen molar-refractivity contribution in [3.8, 4) is 0 Å². The molecule has 1 rings (SSSR count). The number of esters is 1. The van der Waals surface area contributed by atoms with Gasteiger partial charge in [-0.3, -0.25) is 0 Å². The third-order valence-electron chi connectivity index (χ3n) is 1.93. The number of aromatic nitrogens is 1. The average molecular weight is 240 g/mol. The van der Waals surface area contributed by atoms with Crippen LogP contribution in [-0.4, -0.2) is 17.6 Å². The number of hydrogen-bond donors (Lipinski definition) is 1. The smallest absolute Gasteiger partial charge is 0.340 e. The highest BCUT2D eigenvalue weighted by Crippen LogP contribution is 2.21. The van der Waals surface area contributed by atoms with Crippen molar-refractivity contribution in [2.45, 2.75) is 26.7 Å². The van der Waals surface area contributed by atoms with Gasteiger partial charge in [0.05, 0.1) is 17.9 Å². The maximum Gasteiger partial charge on any atom is 0.340 e. The maximum atomic E-state index is 11.7. The highest BCUT2D eigenvalue weighted by molar-refractivity contribution is 7.13. The van der Waals surface area contributed by atoms with E-state index in [9.17, 15) is 4.79 Å². The lowest BCUT2D eigenvalue weighted by molar-refractivity contribution is -0.136. The molecule has 0 unspecified atom stereocenters. The van der Waals surface area contributed by atoms with Gasteiger partial charge >= 0.3 is 5.97 Å². The Morgan fingerprint density at radius 1 is 1.62 bits per heavy atom. The minimum absolute atomic E-state index is 0.332. The summed E-state index contributed by atoms with van der Waals surface area (Å²) >= 11 is 1.32. The highest BCUT2D eigenvalue weighted by Gasteiger charge is 2.15. The van der Waals surface area contributed by atoms with Crippen LogP contribution in [0.3, 0.4) is 0 Å². The van der Waals surface area contributed by atoms with Gasteiger partial charge in [0.2, 0.25) is 0 Å². The number of nitrogens with two attached hydrogens (primary N) is 1. The fraction of sp³-hybridized carbons (Fsp3) is 0.455. The Balaban J connectivity index is 2.91. The van der Waals surface area contributed by atoms with E-state index in [1.165, 1.54) is 11.3 Å². The summed E-state index contributed by atoms with van der Waals surface area (Å²) in [5.41, 5.74) is 6.66. The molecule has 88 valence electrons. The molecule has 0 aliphatic carbocycles. The van der Waals surface area contributed by atoms with Gasteiger partial charge in [-0.1, -0.05) is 19.4 Å². The molecule has 0 radical (unpaired) electrons. The number of anilines is 1. The lowest BCUT2D eigenvalue weighted by atomic mass is 10.1. The predicted molar refractivity (Wildman–Crippen MR) is 66.0 cm³/mol. The van der Waals surface area contributed by atoms with Gasteiger partial charge in [0.1, 0.15) is 0 Å². The average Bonchev–Trinajstić information content (AvgIpc) is 2.66. The first-order chi connectivity index (χ1) is 7.69. The molecule has 0 spiro atoms. The highest BCUT2D eigenvalue weighted by atomic mass is 32.1. The summed E-state index contributed by atoms with van der Waals surface area (Å²) in [5, 5.41) is 2.23. The van der Waals surface area contributed by atoms with Crippen LogP contribution < -0.4 is 5.73 Å². The zero-order valence-electron chi connectivity index (χ0n) is 9.53. The lowest BCUT2D eigenvalue weighted by Crippen LogP contribution is -2.07. The molecular weight excluding hydrogens is 224 g/mol. The molecule has 0 bridgehead atoms. The Bertz CT molecular complexity index is 385. The minimum Gasteiger partial charge on any atom is -0.462 e. The summed E-state index contributed by atoms with van der Waals surface area (Å²) in [5.74, 6) is -0.332. The van der Waals surface area contributed by atoms with Crippen molar-refractivity contribution in [1.82, 2.24) is 4.98 Å². The summed E-state index contributed by atoms with van der Waals surface area (Å²) in [4.78, 5) is 15.8. The lowest BCUT2D eigenvalue weighted by Gasteiger charge is -2.03. The van der Waals surface area contributed by atoms with Crippen molar-refractivity contribution < 1.29 is 9.53 Å². The molecule has 0 saturated carbocycles. The summed E-state index contributed by atoms with van der Waals surface area (Å²) in [6, 6.07) is 0. The van der Waals surface area contributed by atoms with E-state index in [0.29, 0.717) is 23.0 Å². The molecule has 1 heterocycles. The normalized spacial score (nSPS) is 11.5. The number of thiazole rings is 1. The Hall–Kier alpha value is -1.36. The number of nitrogens with zero attached hydrogens (tertiary/aromatic N) is 1. The molecule has 0 aliphatic rings. The molecule has 4 nitrogen and oxygen atoms in total. The SMILES string of the molecule is CCCC=C(C(=O)OCC)c1csc(N)n1. The van der Waals surface area contributed by atoms with Gasteiger partial charge in [0, 0.05) is 5.38 Å². The molecule has 1 aromatic heterocycles. The molecule has 0 amide bonds. The topological polar surface area (TPSA) is 65.2 Å². The molecule has 0 saturated heterocycles. The molecule has 0 fully saturated rings. The second-order valence-electron chi connectivity index (χ2n) is 3.20. The number of nitrogen functional groups attached to an aromatic ring is 1. The number of unbranched alkanes of at least 4 members (excludes halogenated alkanes) is 1. The third kappa shape index (κ3) is 3.34. The van der Waals surface area contributed by atoms with Crippen molar-refractivity contribution in [3.63, 3.8) is 0 Å². The first kappa shape index (κ1) is 12.7. The fourth-order valence-electron chi connectivity index (χ4n) is 1.20. The minimum atomic E-state index is -0.332. The Morgan fingerprint density at radius 2 is 2.38 bits per heavy atom. The summed E-state index contributed by atoms with van der Waals surface area (Å²) in [7, 11) is 0. The fourth-order valence-corrected chi connectivity index (χ4v) is 1.76. The Labute approximate surface area is 99.1 Å². The largest absolute Gasteiger partial charge is 0.462 e. The van der Waals surface area contributed by atoms with Gasteiger partial charge in [-0.05, 0) is 13.3 Å². The molecular formula is C11H16N2O2S. The van der Waals surface area contributed by atoms with Crippen LogP contribution in [0.15, 0.2) is 11.5 Å². The van der Waals surface area contributed by atoms with Crippen LogP contribution in [0, 0.1) is 0 Å². The second-order valence-corrected chi connectivity index (χ2v) is 4.09. The van der Waals surface area contributed by atoms with Gasteiger partial charge in [-0.25, -0.2) is 9.78 Å². The standard InChI is InChI=1S/C11H16N2O2S/c1-3-5-6-8(10(14)15-4-2)9-7-16-11(12)13-9/h6-7H,3-5H2,1-2H3,(H2,12,13). The van der Waals surface area contributed by atoms with Crippen LogP contribution in [0.5, 0.6) is 0 Å². The Kier molecular flexibility index (Phi) is 4.98. The van der Waals surface area contributed by atoms with Crippen LogP contribution in [0.1, 0.15) is 32.4 Å². The van der Waals surface area contributed by atoms with E-state index in [1.54, 1.807) is 12.3 Å². The van der Waals surface area contributed by atoms with Crippen molar-refractivity contribution >= 4 is 28.0 Å². The number of ether oxygens (including phenoxy) is 1.